The van der Waals surface area contributed by atoms with Crippen molar-refractivity contribution in [2.24, 2.45) is 17.8 Å². The molecule has 1 amide bonds. The van der Waals surface area contributed by atoms with Gasteiger partial charge in [-0.25, -0.2) is 0 Å². The lowest BCUT2D eigenvalue weighted by Crippen LogP contribution is -2.65. The number of rotatable bonds is 3. The molecule has 4 aliphatic carbocycles. The summed E-state index contributed by atoms with van der Waals surface area (Å²) in [6.45, 7) is 0.317. The predicted octanol–water partition coefficient (Wildman–Crippen LogP) is 1.22. The zero-order valence-electron chi connectivity index (χ0n) is 12.5. The molecule has 5 rings (SSSR count). The van der Waals surface area contributed by atoms with Gasteiger partial charge < -0.3 is 10.0 Å². The number of aliphatic hydroxyl groups is 1. The third-order valence-electron chi connectivity index (χ3n) is 6.21. The van der Waals surface area contributed by atoms with E-state index in [1.54, 1.807) is 4.90 Å². The number of amides is 1. The number of likely N-dealkylation sites (tertiary alicyclic amines) is 1. The Hall–Kier alpha value is -0.690. The van der Waals surface area contributed by atoms with Crippen molar-refractivity contribution >= 4 is 16.1 Å². The van der Waals surface area contributed by atoms with Gasteiger partial charge in [0.2, 0.25) is 5.91 Å². The SMILES string of the molecule is O=C1CC(CS(=O)(=O)F)CN1C12CC3CC(CC(O)(C3)C1)C2. The molecule has 0 aromatic rings. The predicted molar refractivity (Wildman–Crippen MR) is 77.1 cm³/mol. The van der Waals surface area contributed by atoms with Crippen molar-refractivity contribution in [3.63, 3.8) is 0 Å². The molecule has 4 bridgehead atoms. The van der Waals surface area contributed by atoms with Crippen molar-refractivity contribution in [2.75, 3.05) is 12.3 Å². The molecule has 3 unspecified atom stereocenters. The van der Waals surface area contributed by atoms with Crippen LogP contribution in [0.1, 0.15) is 44.9 Å². The fourth-order valence-electron chi connectivity index (χ4n) is 6.12. The van der Waals surface area contributed by atoms with Gasteiger partial charge in [-0.2, -0.15) is 8.42 Å². The Labute approximate surface area is 130 Å². The summed E-state index contributed by atoms with van der Waals surface area (Å²) in [7, 11) is -4.55. The van der Waals surface area contributed by atoms with Gasteiger partial charge in [0, 0.05) is 24.4 Å². The fraction of sp³-hybridized carbons (Fsp3) is 0.933. The Morgan fingerprint density at radius 3 is 2.41 bits per heavy atom. The lowest BCUT2D eigenvalue weighted by molar-refractivity contribution is -0.179. The molecule has 1 heterocycles. The van der Waals surface area contributed by atoms with Gasteiger partial charge in [0.1, 0.15) is 0 Å². The minimum absolute atomic E-state index is 0.0702. The van der Waals surface area contributed by atoms with Crippen LogP contribution in [0.2, 0.25) is 0 Å². The summed E-state index contributed by atoms with van der Waals surface area (Å²) in [5, 5.41) is 10.8. The van der Waals surface area contributed by atoms with Gasteiger partial charge in [-0.15, -0.1) is 3.89 Å². The van der Waals surface area contributed by atoms with Crippen molar-refractivity contribution in [3.05, 3.63) is 0 Å². The highest BCUT2D eigenvalue weighted by molar-refractivity contribution is 7.86. The van der Waals surface area contributed by atoms with E-state index in [0.29, 0.717) is 24.8 Å². The first-order chi connectivity index (χ1) is 10.2. The van der Waals surface area contributed by atoms with E-state index in [4.69, 9.17) is 0 Å². The number of hydrogen-bond acceptors (Lipinski definition) is 4. The summed E-state index contributed by atoms with van der Waals surface area (Å²) >= 11 is 0. The first-order valence-corrected chi connectivity index (χ1v) is 9.67. The molecule has 0 spiro atoms. The van der Waals surface area contributed by atoms with E-state index < -0.39 is 27.5 Å². The maximum absolute atomic E-state index is 12.9. The molecular formula is C15H22FNO4S. The van der Waals surface area contributed by atoms with Crippen LogP contribution in [-0.2, 0) is 15.0 Å². The topological polar surface area (TPSA) is 74.7 Å². The monoisotopic (exact) mass is 331 g/mol. The minimum Gasteiger partial charge on any atom is -0.390 e. The molecular weight excluding hydrogens is 309 g/mol. The van der Waals surface area contributed by atoms with Gasteiger partial charge in [-0.3, -0.25) is 4.79 Å². The number of carbonyl (C=O) groups is 1. The van der Waals surface area contributed by atoms with E-state index in [1.807, 2.05) is 0 Å². The molecule has 22 heavy (non-hydrogen) atoms. The Balaban J connectivity index is 1.58. The Morgan fingerprint density at radius 1 is 1.23 bits per heavy atom. The van der Waals surface area contributed by atoms with Gasteiger partial charge >= 0.3 is 10.2 Å². The maximum atomic E-state index is 12.9. The van der Waals surface area contributed by atoms with Gasteiger partial charge in [0.15, 0.2) is 0 Å². The lowest BCUT2D eigenvalue weighted by Gasteiger charge is -2.62. The van der Waals surface area contributed by atoms with Crippen molar-refractivity contribution < 1.29 is 22.2 Å². The molecule has 5 fully saturated rings. The molecule has 0 aromatic carbocycles. The smallest absolute Gasteiger partial charge is 0.302 e. The quantitative estimate of drug-likeness (QED) is 0.789. The molecule has 1 saturated heterocycles. The number of hydrogen-bond donors (Lipinski definition) is 1. The molecule has 0 radical (unpaired) electrons. The second-order valence-corrected chi connectivity index (χ2v) is 9.60. The Morgan fingerprint density at radius 2 is 1.86 bits per heavy atom. The normalized spacial score (nSPS) is 47.5. The molecule has 4 saturated carbocycles. The molecule has 5 nitrogen and oxygen atoms in total. The molecule has 3 atom stereocenters. The van der Waals surface area contributed by atoms with Crippen LogP contribution in [0.15, 0.2) is 0 Å². The highest BCUT2D eigenvalue weighted by Crippen LogP contribution is 2.60. The van der Waals surface area contributed by atoms with Crippen LogP contribution in [0.25, 0.3) is 0 Å². The molecule has 5 aliphatic rings. The van der Waals surface area contributed by atoms with Crippen LogP contribution in [0.5, 0.6) is 0 Å². The molecule has 124 valence electrons. The average molecular weight is 331 g/mol. The molecule has 0 aromatic heterocycles. The van der Waals surface area contributed by atoms with Crippen LogP contribution >= 0.6 is 0 Å². The molecule has 7 heteroatoms. The Kier molecular flexibility index (Phi) is 3.00. The number of halogens is 1. The summed E-state index contributed by atoms with van der Waals surface area (Å²) in [6.07, 6.45) is 5.32. The number of nitrogens with zero attached hydrogens (tertiary/aromatic N) is 1. The second-order valence-electron chi connectivity index (χ2n) is 8.19. The van der Waals surface area contributed by atoms with Crippen molar-refractivity contribution in [1.82, 2.24) is 4.90 Å². The zero-order chi connectivity index (χ0) is 15.8. The van der Waals surface area contributed by atoms with Crippen LogP contribution in [0.4, 0.5) is 3.89 Å². The third-order valence-corrected chi connectivity index (χ3v) is 7.08. The Bertz CT molecular complexity index is 605. The van der Waals surface area contributed by atoms with Gasteiger partial charge in [-0.1, -0.05) is 0 Å². The van der Waals surface area contributed by atoms with Crippen LogP contribution < -0.4 is 0 Å². The number of carbonyl (C=O) groups excluding carboxylic acids is 1. The minimum atomic E-state index is -4.55. The highest BCUT2D eigenvalue weighted by Gasteiger charge is 2.61. The first kappa shape index (κ1) is 14.9. The zero-order valence-corrected chi connectivity index (χ0v) is 13.3. The van der Waals surface area contributed by atoms with Crippen molar-refractivity contribution in [2.45, 2.75) is 56.1 Å². The second kappa shape index (κ2) is 4.44. The molecule has 1 N–H and O–H groups in total. The average Bonchev–Trinajstić information content (AvgIpc) is 2.64. The fourth-order valence-corrected chi connectivity index (χ4v) is 6.90. The van der Waals surface area contributed by atoms with Crippen LogP contribution in [0, 0.1) is 17.8 Å². The third kappa shape index (κ3) is 2.37. The van der Waals surface area contributed by atoms with Gasteiger partial charge in [0.05, 0.1) is 11.4 Å². The summed E-state index contributed by atoms with van der Waals surface area (Å²) in [6, 6.07) is 0. The van der Waals surface area contributed by atoms with Gasteiger partial charge in [-0.05, 0) is 50.4 Å². The summed E-state index contributed by atoms with van der Waals surface area (Å²) in [5.74, 6) is -0.169. The highest BCUT2D eigenvalue weighted by atomic mass is 32.3. The standard InChI is InChI=1S/C15H22FNO4S/c16-22(20,21)8-12-2-13(18)17(7-12)14-3-10-1-11(4-14)6-15(19,5-10)9-14/h10-12,19H,1-9H2. The van der Waals surface area contributed by atoms with Crippen molar-refractivity contribution in [3.8, 4) is 0 Å². The molecule has 1 aliphatic heterocycles. The first-order valence-electron chi connectivity index (χ1n) is 8.12. The maximum Gasteiger partial charge on any atom is 0.302 e. The van der Waals surface area contributed by atoms with Gasteiger partial charge in [0.25, 0.3) is 0 Å². The van der Waals surface area contributed by atoms with E-state index in [9.17, 15) is 22.2 Å². The van der Waals surface area contributed by atoms with E-state index in [0.717, 1.165) is 32.1 Å². The van der Waals surface area contributed by atoms with Crippen LogP contribution in [0.3, 0.4) is 0 Å². The summed E-state index contributed by atoms with van der Waals surface area (Å²) in [5.41, 5.74) is -0.973. The van der Waals surface area contributed by atoms with E-state index in [-0.39, 0.29) is 17.9 Å². The summed E-state index contributed by atoms with van der Waals surface area (Å²) < 4.78 is 34.6. The van der Waals surface area contributed by atoms with E-state index in [2.05, 4.69) is 0 Å². The van der Waals surface area contributed by atoms with E-state index in [1.165, 1.54) is 0 Å². The largest absolute Gasteiger partial charge is 0.390 e. The van der Waals surface area contributed by atoms with Crippen molar-refractivity contribution in [1.29, 1.82) is 0 Å². The van der Waals surface area contributed by atoms with E-state index >= 15 is 0 Å². The van der Waals surface area contributed by atoms with Crippen LogP contribution in [-0.4, -0.2) is 47.8 Å². The summed E-state index contributed by atoms with van der Waals surface area (Å²) in [4.78, 5) is 14.2. The lowest BCUT2D eigenvalue weighted by atomic mass is 9.50.